The van der Waals surface area contributed by atoms with Crippen LogP contribution in [0.1, 0.15) is 30.3 Å². The summed E-state index contributed by atoms with van der Waals surface area (Å²) in [6, 6.07) is -0.406. The number of aromatic nitrogens is 2. The van der Waals surface area contributed by atoms with Gasteiger partial charge in [-0.2, -0.15) is 13.2 Å². The second-order valence-electron chi connectivity index (χ2n) is 3.74. The predicted octanol–water partition coefficient (Wildman–Crippen LogP) is 1.86. The van der Waals surface area contributed by atoms with Crippen molar-refractivity contribution in [3.63, 3.8) is 0 Å². The van der Waals surface area contributed by atoms with Crippen molar-refractivity contribution < 1.29 is 23.1 Å². The number of hydrogen-bond donors (Lipinski definition) is 1. The van der Waals surface area contributed by atoms with Crippen LogP contribution < -0.4 is 0 Å². The van der Waals surface area contributed by atoms with Gasteiger partial charge in [-0.05, 0) is 12.8 Å². The van der Waals surface area contributed by atoms with E-state index in [0.29, 0.717) is 6.42 Å². The second-order valence-corrected chi connectivity index (χ2v) is 3.74. The van der Waals surface area contributed by atoms with Crippen molar-refractivity contribution in [1.29, 1.82) is 0 Å². The van der Waals surface area contributed by atoms with Gasteiger partial charge >= 0.3 is 12.1 Å². The molecule has 0 aromatic carbocycles. The van der Waals surface area contributed by atoms with Crippen molar-refractivity contribution in [2.75, 3.05) is 0 Å². The molecule has 7 heteroatoms. The van der Waals surface area contributed by atoms with E-state index in [-0.39, 0.29) is 18.5 Å². The van der Waals surface area contributed by atoms with Crippen molar-refractivity contribution in [3.8, 4) is 0 Å². The molecule has 0 saturated carbocycles. The zero-order valence-corrected chi connectivity index (χ0v) is 8.16. The van der Waals surface area contributed by atoms with Crippen LogP contribution in [0.25, 0.3) is 0 Å². The Morgan fingerprint density at radius 1 is 1.62 bits per heavy atom. The second kappa shape index (κ2) is 3.50. The number of carboxylic acid groups (broad SMARTS) is 1. The zero-order valence-electron chi connectivity index (χ0n) is 8.16. The Morgan fingerprint density at radius 2 is 2.31 bits per heavy atom. The van der Waals surface area contributed by atoms with Crippen molar-refractivity contribution in [3.05, 3.63) is 17.7 Å². The number of alkyl halides is 3. The van der Waals surface area contributed by atoms with E-state index in [9.17, 15) is 18.0 Å². The molecule has 1 aromatic heterocycles. The van der Waals surface area contributed by atoms with Gasteiger partial charge in [-0.25, -0.2) is 4.98 Å². The number of nitrogens with zero attached hydrogens (tertiary/aromatic N) is 2. The molecule has 1 atom stereocenters. The van der Waals surface area contributed by atoms with Gasteiger partial charge in [-0.15, -0.1) is 0 Å². The lowest BCUT2D eigenvalue weighted by atomic mass is 10.1. The van der Waals surface area contributed by atoms with Crippen molar-refractivity contribution in [2.24, 2.45) is 0 Å². The average Bonchev–Trinajstić information content (AvgIpc) is 2.65. The molecular weight excluding hydrogens is 225 g/mol. The summed E-state index contributed by atoms with van der Waals surface area (Å²) in [4.78, 5) is 13.8. The van der Waals surface area contributed by atoms with Crippen molar-refractivity contribution in [1.82, 2.24) is 9.55 Å². The minimum absolute atomic E-state index is 0.0961. The largest absolute Gasteiger partial charge is 0.481 e. The number of aliphatic carboxylic acids is 1. The summed E-state index contributed by atoms with van der Waals surface area (Å²) in [7, 11) is 0. The Morgan fingerprint density at radius 3 is 2.88 bits per heavy atom. The van der Waals surface area contributed by atoms with E-state index in [1.807, 2.05) is 0 Å². The van der Waals surface area contributed by atoms with Crippen LogP contribution in [-0.2, 0) is 17.4 Å². The summed E-state index contributed by atoms with van der Waals surface area (Å²) in [5.74, 6) is -1.01. The predicted molar refractivity (Wildman–Crippen MR) is 46.8 cm³/mol. The van der Waals surface area contributed by atoms with Gasteiger partial charge in [0.25, 0.3) is 0 Å². The number of carbonyl (C=O) groups is 1. The van der Waals surface area contributed by atoms with Gasteiger partial charge in [0.2, 0.25) is 0 Å². The topological polar surface area (TPSA) is 55.1 Å². The number of rotatable bonds is 2. The molecule has 0 radical (unpaired) electrons. The molecule has 2 heterocycles. The van der Waals surface area contributed by atoms with E-state index < -0.39 is 23.9 Å². The highest BCUT2D eigenvalue weighted by atomic mass is 19.4. The molecule has 88 valence electrons. The number of fused-ring (bicyclic) bond motifs is 1. The first-order valence-electron chi connectivity index (χ1n) is 4.74. The quantitative estimate of drug-likeness (QED) is 0.849. The third kappa shape index (κ3) is 1.77. The monoisotopic (exact) mass is 234 g/mol. The molecule has 0 bridgehead atoms. The molecule has 0 amide bonds. The first-order valence-corrected chi connectivity index (χ1v) is 4.74. The molecule has 1 aliphatic rings. The van der Waals surface area contributed by atoms with Gasteiger partial charge in [0.05, 0.1) is 18.4 Å². The summed E-state index contributed by atoms with van der Waals surface area (Å²) in [5.41, 5.74) is -0.792. The molecule has 0 aliphatic carbocycles. The maximum Gasteiger partial charge on any atom is 0.435 e. The number of imidazole rings is 1. The number of halogens is 3. The minimum atomic E-state index is -4.46. The standard InChI is InChI=1S/C9H9F3N2O2/c10-9(11,12)8-6-2-1-5(3-7(15)16)14(6)4-13-8/h4-5H,1-3H2,(H,15,16). The van der Waals surface area contributed by atoms with Crippen molar-refractivity contribution >= 4 is 5.97 Å². The molecule has 4 nitrogen and oxygen atoms in total. The molecule has 16 heavy (non-hydrogen) atoms. The molecule has 1 aromatic rings. The lowest BCUT2D eigenvalue weighted by Gasteiger charge is -2.08. The molecule has 0 spiro atoms. The van der Waals surface area contributed by atoms with Crippen LogP contribution in [0.2, 0.25) is 0 Å². The zero-order chi connectivity index (χ0) is 11.9. The summed E-state index contributed by atoms with van der Waals surface area (Å²) < 4.78 is 38.8. The van der Waals surface area contributed by atoms with Gasteiger partial charge in [-0.1, -0.05) is 0 Å². The Hall–Kier alpha value is -1.53. The Kier molecular flexibility index (Phi) is 2.40. The van der Waals surface area contributed by atoms with Gasteiger partial charge < -0.3 is 9.67 Å². The SMILES string of the molecule is O=C(O)CC1CCc2c(C(F)(F)F)ncn21. The van der Waals surface area contributed by atoms with Crippen LogP contribution in [0.4, 0.5) is 13.2 Å². The first-order chi connectivity index (χ1) is 7.39. The van der Waals surface area contributed by atoms with E-state index >= 15 is 0 Å². The molecule has 0 fully saturated rings. The molecule has 2 rings (SSSR count). The molecule has 1 unspecified atom stereocenters. The molecule has 1 aliphatic heterocycles. The average molecular weight is 234 g/mol. The highest BCUT2D eigenvalue weighted by Crippen LogP contribution is 2.37. The smallest absolute Gasteiger partial charge is 0.435 e. The van der Waals surface area contributed by atoms with E-state index in [2.05, 4.69) is 4.98 Å². The van der Waals surface area contributed by atoms with Gasteiger partial charge in [0.15, 0.2) is 5.69 Å². The maximum atomic E-state index is 12.5. The first kappa shape index (κ1) is 11.0. The summed E-state index contributed by atoms with van der Waals surface area (Å²) in [5, 5.41) is 8.61. The molecular formula is C9H9F3N2O2. The fourth-order valence-corrected chi connectivity index (χ4v) is 2.03. The molecule has 0 saturated heterocycles. The van der Waals surface area contributed by atoms with E-state index in [1.54, 1.807) is 0 Å². The fourth-order valence-electron chi connectivity index (χ4n) is 2.03. The lowest BCUT2D eigenvalue weighted by molar-refractivity contribution is -0.141. The van der Waals surface area contributed by atoms with E-state index in [1.165, 1.54) is 4.57 Å². The van der Waals surface area contributed by atoms with Crippen LogP contribution in [0, 0.1) is 0 Å². The van der Waals surface area contributed by atoms with Gasteiger partial charge in [0.1, 0.15) is 0 Å². The third-order valence-electron chi connectivity index (χ3n) is 2.68. The van der Waals surface area contributed by atoms with Crippen LogP contribution in [-0.4, -0.2) is 20.6 Å². The molecule has 1 N–H and O–H groups in total. The van der Waals surface area contributed by atoms with Crippen LogP contribution in [0.15, 0.2) is 6.33 Å². The van der Waals surface area contributed by atoms with Crippen LogP contribution >= 0.6 is 0 Å². The lowest BCUT2D eigenvalue weighted by Crippen LogP contribution is -2.10. The highest BCUT2D eigenvalue weighted by molar-refractivity contribution is 5.67. The Balaban J connectivity index is 2.30. The van der Waals surface area contributed by atoms with Crippen LogP contribution in [0.5, 0.6) is 0 Å². The van der Waals surface area contributed by atoms with Gasteiger partial charge in [0, 0.05) is 6.04 Å². The summed E-state index contributed by atoms with van der Waals surface area (Å²) in [6.45, 7) is 0. The number of carboxylic acids is 1. The van der Waals surface area contributed by atoms with Crippen molar-refractivity contribution in [2.45, 2.75) is 31.5 Å². The highest BCUT2D eigenvalue weighted by Gasteiger charge is 2.40. The Labute approximate surface area is 88.7 Å². The van der Waals surface area contributed by atoms with E-state index in [4.69, 9.17) is 5.11 Å². The van der Waals surface area contributed by atoms with Gasteiger partial charge in [-0.3, -0.25) is 4.79 Å². The Bertz CT molecular complexity index is 425. The number of hydrogen-bond acceptors (Lipinski definition) is 2. The minimum Gasteiger partial charge on any atom is -0.481 e. The fraction of sp³-hybridized carbons (Fsp3) is 0.556. The summed E-state index contributed by atoms with van der Waals surface area (Å²) >= 11 is 0. The van der Waals surface area contributed by atoms with Crippen LogP contribution in [0.3, 0.4) is 0 Å². The normalized spacial score (nSPS) is 19.8. The third-order valence-corrected chi connectivity index (χ3v) is 2.68. The maximum absolute atomic E-state index is 12.5. The summed E-state index contributed by atoms with van der Waals surface area (Å²) in [6.07, 6.45) is -2.89. The van der Waals surface area contributed by atoms with E-state index in [0.717, 1.165) is 6.33 Å².